The van der Waals surface area contributed by atoms with Crippen molar-refractivity contribution in [2.24, 2.45) is 0 Å². The minimum absolute atomic E-state index is 0.0663. The lowest BCUT2D eigenvalue weighted by Crippen LogP contribution is -2.03. The Hall–Kier alpha value is -0.740. The van der Waals surface area contributed by atoms with E-state index in [1.165, 1.54) is 0 Å². The van der Waals surface area contributed by atoms with Crippen LogP contribution in [0.15, 0.2) is 29.4 Å². The molecule has 0 aliphatic carbocycles. The highest BCUT2D eigenvalue weighted by Gasteiger charge is 2.01. The number of aliphatic hydroxyl groups excluding tert-OH is 1. The van der Waals surface area contributed by atoms with Crippen molar-refractivity contribution in [2.45, 2.75) is 5.03 Å². The second-order valence-corrected chi connectivity index (χ2v) is 3.46. The van der Waals surface area contributed by atoms with Gasteiger partial charge in [0.25, 0.3) is 0 Å². The van der Waals surface area contributed by atoms with Crippen LogP contribution in [0.4, 0.5) is 0 Å². The number of nitrogens with zero attached hydrogens (tertiary/aromatic N) is 1. The molecule has 0 aromatic carbocycles. The lowest BCUT2D eigenvalue weighted by molar-refractivity contribution is 0.321. The third-order valence-corrected chi connectivity index (χ3v) is 2.41. The number of rotatable bonds is 3. The zero-order valence-corrected chi connectivity index (χ0v) is 6.75. The molecule has 1 aromatic heterocycles. The zero-order valence-electron chi connectivity index (χ0n) is 5.93. The summed E-state index contributed by atoms with van der Waals surface area (Å²) in [5.41, 5.74) is 0. The van der Waals surface area contributed by atoms with Crippen molar-refractivity contribution in [2.75, 3.05) is 12.4 Å². The number of aromatic nitrogens is 1. The van der Waals surface area contributed by atoms with E-state index in [2.05, 4.69) is 4.98 Å². The third kappa shape index (κ3) is 2.40. The van der Waals surface area contributed by atoms with Gasteiger partial charge in [-0.3, -0.25) is 4.21 Å². The lowest BCUT2D eigenvalue weighted by Gasteiger charge is -1.96. The van der Waals surface area contributed by atoms with E-state index in [1.807, 2.05) is 0 Å². The topological polar surface area (TPSA) is 50.2 Å². The molecule has 3 nitrogen and oxygen atoms in total. The monoisotopic (exact) mass is 171 g/mol. The third-order valence-electron chi connectivity index (χ3n) is 1.15. The highest BCUT2D eigenvalue weighted by atomic mass is 32.2. The molecule has 0 amide bonds. The summed E-state index contributed by atoms with van der Waals surface area (Å²) in [7, 11) is -1.14. The summed E-state index contributed by atoms with van der Waals surface area (Å²) in [6, 6.07) is 5.23. The average molecular weight is 171 g/mol. The molecule has 1 N–H and O–H groups in total. The molecular formula is C7H9NO2S. The van der Waals surface area contributed by atoms with Crippen LogP contribution < -0.4 is 0 Å². The maximum absolute atomic E-state index is 11.1. The minimum atomic E-state index is -1.14. The van der Waals surface area contributed by atoms with Crippen LogP contribution in [0.2, 0.25) is 0 Å². The van der Waals surface area contributed by atoms with Gasteiger partial charge in [-0.15, -0.1) is 0 Å². The van der Waals surface area contributed by atoms with E-state index in [1.54, 1.807) is 24.4 Å². The predicted octanol–water partition coefficient (Wildman–Crippen LogP) is 0.182. The first-order valence-electron chi connectivity index (χ1n) is 3.25. The number of hydrogen-bond acceptors (Lipinski definition) is 3. The molecule has 1 unspecified atom stereocenters. The first kappa shape index (κ1) is 8.36. The summed E-state index contributed by atoms with van der Waals surface area (Å²) in [4.78, 5) is 3.89. The number of hydrogen-bond donors (Lipinski definition) is 1. The largest absolute Gasteiger partial charge is 0.395 e. The Morgan fingerprint density at radius 1 is 1.55 bits per heavy atom. The van der Waals surface area contributed by atoms with Crippen molar-refractivity contribution in [1.82, 2.24) is 4.98 Å². The molecule has 4 heteroatoms. The van der Waals surface area contributed by atoms with Crippen LogP contribution >= 0.6 is 0 Å². The Labute approximate surface area is 67.5 Å². The SMILES string of the molecule is O=S(CCO)c1ccccn1. The van der Waals surface area contributed by atoms with Crippen LogP contribution in [-0.4, -0.2) is 26.7 Å². The predicted molar refractivity (Wildman–Crippen MR) is 42.6 cm³/mol. The fraction of sp³-hybridized carbons (Fsp3) is 0.286. The molecule has 1 heterocycles. The van der Waals surface area contributed by atoms with Crippen LogP contribution in [0, 0.1) is 0 Å². The number of aliphatic hydroxyl groups is 1. The van der Waals surface area contributed by atoms with Crippen LogP contribution in [0.3, 0.4) is 0 Å². The van der Waals surface area contributed by atoms with Crippen molar-refractivity contribution >= 4 is 10.8 Å². The molecule has 0 radical (unpaired) electrons. The molecule has 1 atom stereocenters. The van der Waals surface area contributed by atoms with Crippen LogP contribution in [0.5, 0.6) is 0 Å². The van der Waals surface area contributed by atoms with Crippen molar-refractivity contribution in [3.05, 3.63) is 24.4 Å². The molecule has 1 aromatic rings. The van der Waals surface area contributed by atoms with E-state index in [-0.39, 0.29) is 12.4 Å². The van der Waals surface area contributed by atoms with E-state index in [0.717, 1.165) is 0 Å². The smallest absolute Gasteiger partial charge is 0.127 e. The first-order chi connectivity index (χ1) is 5.34. The summed E-state index contributed by atoms with van der Waals surface area (Å²) < 4.78 is 11.1. The first-order valence-corrected chi connectivity index (χ1v) is 4.57. The van der Waals surface area contributed by atoms with Gasteiger partial charge in [-0.05, 0) is 12.1 Å². The molecular weight excluding hydrogens is 162 g/mol. The Kier molecular flexibility index (Phi) is 3.19. The van der Waals surface area contributed by atoms with E-state index in [9.17, 15) is 4.21 Å². The van der Waals surface area contributed by atoms with Crippen LogP contribution in [0.25, 0.3) is 0 Å². The maximum atomic E-state index is 11.1. The summed E-state index contributed by atoms with van der Waals surface area (Å²) in [5.74, 6) is 0.261. The van der Waals surface area contributed by atoms with Gasteiger partial charge in [0.15, 0.2) is 0 Å². The molecule has 0 spiro atoms. The molecule has 0 saturated heterocycles. The van der Waals surface area contributed by atoms with Gasteiger partial charge in [-0.25, -0.2) is 4.98 Å². The van der Waals surface area contributed by atoms with E-state index >= 15 is 0 Å². The van der Waals surface area contributed by atoms with Gasteiger partial charge in [0.05, 0.1) is 23.2 Å². The van der Waals surface area contributed by atoms with Gasteiger partial charge >= 0.3 is 0 Å². The molecule has 0 aliphatic heterocycles. The van der Waals surface area contributed by atoms with Gasteiger partial charge in [-0.2, -0.15) is 0 Å². The molecule has 11 heavy (non-hydrogen) atoms. The molecule has 0 saturated carbocycles. The molecule has 60 valence electrons. The molecule has 1 rings (SSSR count). The second-order valence-electron chi connectivity index (χ2n) is 1.94. The average Bonchev–Trinajstić information content (AvgIpc) is 2.07. The molecule has 0 aliphatic rings. The normalized spacial score (nSPS) is 12.8. The highest BCUT2D eigenvalue weighted by molar-refractivity contribution is 7.84. The van der Waals surface area contributed by atoms with E-state index in [4.69, 9.17) is 5.11 Å². The second kappa shape index (κ2) is 4.20. The Bertz CT molecular complexity index is 237. The summed E-state index contributed by atoms with van der Waals surface area (Å²) in [6.45, 7) is -0.0663. The standard InChI is InChI=1S/C7H9NO2S/c9-5-6-11(10)7-3-1-2-4-8-7/h1-4,9H,5-6H2. The Morgan fingerprint density at radius 3 is 2.91 bits per heavy atom. The Balaban J connectivity index is 2.69. The van der Waals surface area contributed by atoms with Gasteiger partial charge in [0, 0.05) is 6.20 Å². The minimum Gasteiger partial charge on any atom is -0.395 e. The molecule has 0 fully saturated rings. The van der Waals surface area contributed by atoms with Gasteiger partial charge in [-0.1, -0.05) is 6.07 Å². The van der Waals surface area contributed by atoms with Gasteiger partial charge in [0.1, 0.15) is 5.03 Å². The lowest BCUT2D eigenvalue weighted by atomic mass is 10.5. The van der Waals surface area contributed by atoms with E-state index in [0.29, 0.717) is 5.03 Å². The summed E-state index contributed by atoms with van der Waals surface area (Å²) in [5, 5.41) is 9.01. The van der Waals surface area contributed by atoms with Gasteiger partial charge in [0.2, 0.25) is 0 Å². The van der Waals surface area contributed by atoms with Crippen LogP contribution in [-0.2, 0) is 10.8 Å². The van der Waals surface area contributed by atoms with Crippen molar-refractivity contribution in [3.8, 4) is 0 Å². The fourth-order valence-corrected chi connectivity index (χ4v) is 1.45. The zero-order chi connectivity index (χ0) is 8.10. The van der Waals surface area contributed by atoms with Gasteiger partial charge < -0.3 is 5.11 Å². The van der Waals surface area contributed by atoms with Crippen molar-refractivity contribution < 1.29 is 9.32 Å². The Morgan fingerprint density at radius 2 is 2.36 bits per heavy atom. The quantitative estimate of drug-likeness (QED) is 0.706. The van der Waals surface area contributed by atoms with Crippen molar-refractivity contribution in [3.63, 3.8) is 0 Å². The molecule has 0 bridgehead atoms. The van der Waals surface area contributed by atoms with Crippen molar-refractivity contribution in [1.29, 1.82) is 0 Å². The van der Waals surface area contributed by atoms with Crippen LogP contribution in [0.1, 0.15) is 0 Å². The highest BCUT2D eigenvalue weighted by Crippen LogP contribution is 1.99. The summed E-state index contributed by atoms with van der Waals surface area (Å²) >= 11 is 0. The summed E-state index contributed by atoms with van der Waals surface area (Å²) in [6.07, 6.45) is 1.59. The fourth-order valence-electron chi connectivity index (χ4n) is 0.669. The number of pyridine rings is 1. The maximum Gasteiger partial charge on any atom is 0.127 e. The van der Waals surface area contributed by atoms with E-state index < -0.39 is 10.8 Å².